The molecule has 0 saturated heterocycles. The Kier molecular flexibility index (Phi) is 3.61. The lowest BCUT2D eigenvalue weighted by molar-refractivity contribution is 0.102. The van der Waals surface area contributed by atoms with E-state index >= 15 is 0 Å². The molecule has 0 saturated carbocycles. The lowest BCUT2D eigenvalue weighted by atomic mass is 10.1. The molecule has 0 bridgehead atoms. The van der Waals surface area contributed by atoms with Gasteiger partial charge in [-0.25, -0.2) is 0 Å². The van der Waals surface area contributed by atoms with Gasteiger partial charge in [0.15, 0.2) is 17.3 Å². The van der Waals surface area contributed by atoms with Gasteiger partial charge in [-0.2, -0.15) is 0 Å². The molecular weight excluding hydrogens is 320 g/mol. The highest BCUT2D eigenvalue weighted by Crippen LogP contribution is 2.32. The number of aryl methyl sites for hydroxylation is 1. The van der Waals surface area contributed by atoms with Crippen LogP contribution in [0.4, 0.5) is 5.69 Å². The van der Waals surface area contributed by atoms with Crippen molar-refractivity contribution in [3.05, 3.63) is 53.9 Å². The predicted octanol–water partition coefficient (Wildman–Crippen LogP) is 2.77. The van der Waals surface area contributed by atoms with Gasteiger partial charge in [0.05, 0.1) is 0 Å². The Morgan fingerprint density at radius 2 is 1.96 bits per heavy atom. The number of nitrogens with one attached hydrogen (secondary N) is 1. The summed E-state index contributed by atoms with van der Waals surface area (Å²) in [7, 11) is 1.91. The molecule has 126 valence electrons. The van der Waals surface area contributed by atoms with E-state index in [4.69, 9.17) is 9.47 Å². The molecule has 0 atom stereocenters. The molecule has 0 unspecified atom stereocenters. The van der Waals surface area contributed by atoms with E-state index in [1.807, 2.05) is 42.8 Å². The van der Waals surface area contributed by atoms with Crippen molar-refractivity contribution in [2.24, 2.45) is 7.05 Å². The number of amides is 1. The van der Waals surface area contributed by atoms with E-state index in [2.05, 4.69) is 15.5 Å². The number of hydrogen-bond acceptors (Lipinski definition) is 5. The first-order chi connectivity index (χ1) is 12.1. The minimum Gasteiger partial charge on any atom is -0.454 e. The maximum Gasteiger partial charge on any atom is 0.255 e. The zero-order chi connectivity index (χ0) is 17.4. The Hall–Kier alpha value is -3.35. The third-order valence-electron chi connectivity index (χ3n) is 4.11. The highest BCUT2D eigenvalue weighted by Gasteiger charge is 2.16. The number of ether oxygens (including phenoxy) is 2. The predicted molar refractivity (Wildman–Crippen MR) is 91.7 cm³/mol. The van der Waals surface area contributed by atoms with Crippen LogP contribution < -0.4 is 14.8 Å². The van der Waals surface area contributed by atoms with Crippen molar-refractivity contribution in [1.29, 1.82) is 0 Å². The third-order valence-corrected chi connectivity index (χ3v) is 4.11. The molecule has 2 heterocycles. The lowest BCUT2D eigenvalue weighted by Gasteiger charge is -2.08. The largest absolute Gasteiger partial charge is 0.454 e. The second-order valence-corrected chi connectivity index (χ2v) is 5.73. The van der Waals surface area contributed by atoms with Gasteiger partial charge in [-0.3, -0.25) is 4.79 Å². The maximum atomic E-state index is 12.5. The van der Waals surface area contributed by atoms with Crippen LogP contribution in [0.1, 0.15) is 16.2 Å². The number of nitrogens with zero attached hydrogens (tertiary/aromatic N) is 3. The highest BCUT2D eigenvalue weighted by atomic mass is 16.7. The number of carbonyl (C=O) groups is 1. The van der Waals surface area contributed by atoms with E-state index in [0.717, 1.165) is 17.2 Å². The van der Waals surface area contributed by atoms with E-state index < -0.39 is 0 Å². The van der Waals surface area contributed by atoms with Crippen LogP contribution in [-0.2, 0) is 7.05 Å². The summed E-state index contributed by atoms with van der Waals surface area (Å²) in [4.78, 5) is 12.5. The highest BCUT2D eigenvalue weighted by molar-refractivity contribution is 6.04. The molecule has 0 spiro atoms. The Bertz CT molecular complexity index is 965. The lowest BCUT2D eigenvalue weighted by Crippen LogP contribution is -2.11. The Morgan fingerprint density at radius 1 is 1.12 bits per heavy atom. The van der Waals surface area contributed by atoms with E-state index in [9.17, 15) is 4.79 Å². The Morgan fingerprint density at radius 3 is 2.76 bits per heavy atom. The molecule has 0 aliphatic carbocycles. The van der Waals surface area contributed by atoms with Gasteiger partial charge in [0.1, 0.15) is 5.82 Å². The van der Waals surface area contributed by atoms with Crippen molar-refractivity contribution < 1.29 is 14.3 Å². The second-order valence-electron chi connectivity index (χ2n) is 5.73. The summed E-state index contributed by atoms with van der Waals surface area (Å²) < 4.78 is 12.5. The molecule has 4 rings (SSSR count). The number of hydrogen-bond donors (Lipinski definition) is 1. The minimum atomic E-state index is -0.218. The minimum absolute atomic E-state index is 0.180. The van der Waals surface area contributed by atoms with E-state index in [1.165, 1.54) is 0 Å². The summed E-state index contributed by atoms with van der Waals surface area (Å²) in [5.74, 6) is 2.58. The number of aromatic nitrogens is 3. The van der Waals surface area contributed by atoms with Gasteiger partial charge in [-0.1, -0.05) is 12.1 Å². The molecule has 1 aromatic heterocycles. The Balaban J connectivity index is 1.58. The van der Waals surface area contributed by atoms with Gasteiger partial charge in [-0.15, -0.1) is 10.2 Å². The molecule has 25 heavy (non-hydrogen) atoms. The van der Waals surface area contributed by atoms with E-state index in [0.29, 0.717) is 22.7 Å². The molecule has 3 aromatic rings. The van der Waals surface area contributed by atoms with Crippen LogP contribution in [0.15, 0.2) is 42.5 Å². The SMILES string of the molecule is Cc1nnc(-c2cccc(NC(=O)c3ccc4c(c3)OCO4)c2)n1C. The second kappa shape index (κ2) is 5.94. The maximum absolute atomic E-state index is 12.5. The van der Waals surface area contributed by atoms with Crippen molar-refractivity contribution in [1.82, 2.24) is 14.8 Å². The fourth-order valence-electron chi connectivity index (χ4n) is 2.64. The first-order valence-electron chi connectivity index (χ1n) is 7.79. The number of rotatable bonds is 3. The van der Waals surface area contributed by atoms with Gasteiger partial charge in [0.25, 0.3) is 5.91 Å². The van der Waals surface area contributed by atoms with Crippen LogP contribution in [0.25, 0.3) is 11.4 Å². The van der Waals surface area contributed by atoms with E-state index in [1.54, 1.807) is 18.2 Å². The van der Waals surface area contributed by atoms with Crippen molar-refractivity contribution in [2.45, 2.75) is 6.92 Å². The topological polar surface area (TPSA) is 78.3 Å². The normalized spacial score (nSPS) is 12.2. The number of benzene rings is 2. The number of anilines is 1. The van der Waals surface area contributed by atoms with Crippen LogP contribution in [0, 0.1) is 6.92 Å². The summed E-state index contributed by atoms with van der Waals surface area (Å²) >= 11 is 0. The van der Waals surface area contributed by atoms with Crippen LogP contribution in [0.3, 0.4) is 0 Å². The zero-order valence-electron chi connectivity index (χ0n) is 13.8. The summed E-state index contributed by atoms with van der Waals surface area (Å²) in [6, 6.07) is 12.6. The first kappa shape index (κ1) is 15.2. The zero-order valence-corrected chi connectivity index (χ0v) is 13.8. The third kappa shape index (κ3) is 2.80. The van der Waals surface area contributed by atoms with Gasteiger partial charge in [0.2, 0.25) is 6.79 Å². The average Bonchev–Trinajstić information content (AvgIpc) is 3.21. The summed E-state index contributed by atoms with van der Waals surface area (Å²) in [5, 5.41) is 11.1. The molecule has 7 heteroatoms. The van der Waals surface area contributed by atoms with Crippen molar-refractivity contribution in [2.75, 3.05) is 12.1 Å². The average molecular weight is 336 g/mol. The van der Waals surface area contributed by atoms with Crippen LogP contribution in [0.2, 0.25) is 0 Å². The molecule has 7 nitrogen and oxygen atoms in total. The van der Waals surface area contributed by atoms with Crippen molar-refractivity contribution in [3.63, 3.8) is 0 Å². The Labute approximate surface area is 144 Å². The standard InChI is InChI=1S/C18H16N4O3/c1-11-20-21-17(22(11)2)12-4-3-5-14(8-12)19-18(23)13-6-7-15-16(9-13)25-10-24-15/h3-9H,10H2,1-2H3,(H,19,23). The molecular formula is C18H16N4O3. The monoisotopic (exact) mass is 336 g/mol. The van der Waals surface area contributed by atoms with Crippen molar-refractivity contribution in [3.8, 4) is 22.9 Å². The van der Waals surface area contributed by atoms with Crippen LogP contribution >= 0.6 is 0 Å². The van der Waals surface area contributed by atoms with Crippen molar-refractivity contribution >= 4 is 11.6 Å². The number of carbonyl (C=O) groups excluding carboxylic acids is 1. The van der Waals surface area contributed by atoms with Crippen LogP contribution in [0.5, 0.6) is 11.5 Å². The van der Waals surface area contributed by atoms with Gasteiger partial charge in [0, 0.05) is 23.9 Å². The summed E-state index contributed by atoms with van der Waals surface area (Å²) in [6.07, 6.45) is 0. The fourth-order valence-corrected chi connectivity index (χ4v) is 2.64. The first-order valence-corrected chi connectivity index (χ1v) is 7.79. The molecule has 1 aliphatic rings. The smallest absolute Gasteiger partial charge is 0.255 e. The number of fused-ring (bicyclic) bond motifs is 1. The molecule has 0 fully saturated rings. The van der Waals surface area contributed by atoms with Gasteiger partial charge in [-0.05, 0) is 37.3 Å². The summed E-state index contributed by atoms with van der Waals surface area (Å²) in [6.45, 7) is 2.07. The fraction of sp³-hybridized carbons (Fsp3) is 0.167. The molecule has 0 radical (unpaired) electrons. The molecule has 1 aliphatic heterocycles. The molecule has 1 N–H and O–H groups in total. The molecule has 2 aromatic carbocycles. The quantitative estimate of drug-likeness (QED) is 0.796. The van der Waals surface area contributed by atoms with Gasteiger partial charge >= 0.3 is 0 Å². The summed E-state index contributed by atoms with van der Waals surface area (Å²) in [5.41, 5.74) is 2.07. The van der Waals surface area contributed by atoms with Gasteiger partial charge < -0.3 is 19.4 Å². The molecule has 1 amide bonds. The van der Waals surface area contributed by atoms with E-state index in [-0.39, 0.29) is 12.7 Å². The van der Waals surface area contributed by atoms with Crippen LogP contribution in [-0.4, -0.2) is 27.5 Å².